The summed E-state index contributed by atoms with van der Waals surface area (Å²) >= 11 is 0. The van der Waals surface area contributed by atoms with Gasteiger partial charge in [-0.1, -0.05) is 30.3 Å². The van der Waals surface area contributed by atoms with E-state index in [0.29, 0.717) is 5.69 Å². The largest absolute Gasteiger partial charge is 0.324 e. The Morgan fingerprint density at radius 1 is 1.14 bits per heavy atom. The first-order valence-electron chi connectivity index (χ1n) is 6.69. The minimum atomic E-state index is -0.365. The number of nitrogens with two attached hydrogens (primary N) is 1. The summed E-state index contributed by atoms with van der Waals surface area (Å²) in [7, 11) is 0. The fraction of sp³-hybridized carbons (Fsp3) is 0.125. The number of aromatic nitrogens is 1. The molecule has 2 aromatic carbocycles. The number of fused-ring (bicyclic) bond motifs is 1. The molecule has 5 heteroatoms. The Kier molecular flexibility index (Phi) is 3.19. The molecule has 0 aliphatic heterocycles. The number of hydrogen-bond acceptors (Lipinski definition) is 3. The maximum absolute atomic E-state index is 11.2. The highest BCUT2D eigenvalue weighted by Crippen LogP contribution is 2.31. The molecular weight excluding hydrogens is 266 g/mol. The molecule has 0 saturated carbocycles. The van der Waals surface area contributed by atoms with Crippen molar-refractivity contribution >= 4 is 16.6 Å². The van der Waals surface area contributed by atoms with Gasteiger partial charge in [-0.25, -0.2) is 0 Å². The number of para-hydroxylation sites is 3. The van der Waals surface area contributed by atoms with Crippen molar-refractivity contribution in [3.8, 4) is 5.69 Å². The summed E-state index contributed by atoms with van der Waals surface area (Å²) in [4.78, 5) is 10.9. The number of nitrogens with zero attached hydrogens (tertiary/aromatic N) is 2. The van der Waals surface area contributed by atoms with Gasteiger partial charge in [-0.3, -0.25) is 10.1 Å². The summed E-state index contributed by atoms with van der Waals surface area (Å²) in [6.45, 7) is 1.91. The third-order valence-electron chi connectivity index (χ3n) is 3.57. The molecule has 1 heterocycles. The van der Waals surface area contributed by atoms with E-state index in [1.54, 1.807) is 18.2 Å². The standard InChI is InChI=1S/C16H15N3O2/c1-11(17)13-10-18(14-7-3-2-6-12(13)14)15-8-4-5-9-16(15)19(20)21/h2-11H,17H2,1H3. The van der Waals surface area contributed by atoms with Gasteiger partial charge in [0.25, 0.3) is 5.69 Å². The van der Waals surface area contributed by atoms with Crippen molar-refractivity contribution in [2.24, 2.45) is 5.73 Å². The van der Waals surface area contributed by atoms with Gasteiger partial charge in [0.2, 0.25) is 0 Å². The molecule has 21 heavy (non-hydrogen) atoms. The highest BCUT2D eigenvalue weighted by Gasteiger charge is 2.18. The first-order valence-corrected chi connectivity index (χ1v) is 6.69. The second-order valence-corrected chi connectivity index (χ2v) is 5.01. The highest BCUT2D eigenvalue weighted by molar-refractivity contribution is 5.86. The third-order valence-corrected chi connectivity index (χ3v) is 3.57. The Balaban J connectivity index is 2.34. The van der Waals surface area contributed by atoms with Gasteiger partial charge in [0.1, 0.15) is 5.69 Å². The quantitative estimate of drug-likeness (QED) is 0.589. The zero-order valence-electron chi connectivity index (χ0n) is 11.6. The predicted octanol–water partition coefficient (Wildman–Crippen LogP) is 3.56. The lowest BCUT2D eigenvalue weighted by molar-refractivity contribution is -0.384. The van der Waals surface area contributed by atoms with Crippen LogP contribution in [0.4, 0.5) is 5.69 Å². The molecule has 106 valence electrons. The van der Waals surface area contributed by atoms with E-state index in [2.05, 4.69) is 0 Å². The fourth-order valence-corrected chi connectivity index (χ4v) is 2.59. The lowest BCUT2D eigenvalue weighted by Crippen LogP contribution is -2.04. The average molecular weight is 281 g/mol. The van der Waals surface area contributed by atoms with Crippen LogP contribution in [0, 0.1) is 10.1 Å². The van der Waals surface area contributed by atoms with E-state index in [1.807, 2.05) is 42.0 Å². The predicted molar refractivity (Wildman–Crippen MR) is 82.5 cm³/mol. The van der Waals surface area contributed by atoms with Crippen molar-refractivity contribution in [2.45, 2.75) is 13.0 Å². The molecular formula is C16H15N3O2. The smallest absolute Gasteiger partial charge is 0.293 e. The van der Waals surface area contributed by atoms with Gasteiger partial charge in [0.15, 0.2) is 0 Å². The van der Waals surface area contributed by atoms with E-state index in [1.165, 1.54) is 6.07 Å². The van der Waals surface area contributed by atoms with Crippen LogP contribution in [-0.2, 0) is 0 Å². The zero-order chi connectivity index (χ0) is 15.0. The second-order valence-electron chi connectivity index (χ2n) is 5.01. The van der Waals surface area contributed by atoms with Crippen molar-refractivity contribution in [1.29, 1.82) is 0 Å². The lowest BCUT2D eigenvalue weighted by atomic mass is 10.1. The SMILES string of the molecule is CC(N)c1cn(-c2ccccc2[N+](=O)[O-])c2ccccc12. The van der Waals surface area contributed by atoms with Crippen LogP contribution in [0.5, 0.6) is 0 Å². The maximum Gasteiger partial charge on any atom is 0.293 e. The van der Waals surface area contributed by atoms with E-state index in [4.69, 9.17) is 5.73 Å². The summed E-state index contributed by atoms with van der Waals surface area (Å²) in [5, 5.41) is 12.3. The van der Waals surface area contributed by atoms with Gasteiger partial charge >= 0.3 is 0 Å². The van der Waals surface area contributed by atoms with Crippen LogP contribution in [0.3, 0.4) is 0 Å². The molecule has 2 N–H and O–H groups in total. The van der Waals surface area contributed by atoms with Crippen molar-refractivity contribution < 1.29 is 4.92 Å². The van der Waals surface area contributed by atoms with Gasteiger partial charge in [-0.2, -0.15) is 0 Å². The van der Waals surface area contributed by atoms with Crippen LogP contribution in [0.2, 0.25) is 0 Å². The molecule has 1 unspecified atom stereocenters. The molecule has 0 amide bonds. The van der Waals surface area contributed by atoms with Crippen molar-refractivity contribution in [3.05, 3.63) is 70.4 Å². The van der Waals surface area contributed by atoms with Gasteiger partial charge in [0, 0.05) is 23.7 Å². The molecule has 1 atom stereocenters. The summed E-state index contributed by atoms with van der Waals surface area (Å²) in [5.41, 5.74) is 8.54. The van der Waals surface area contributed by atoms with Gasteiger partial charge < -0.3 is 10.3 Å². The van der Waals surface area contributed by atoms with Crippen LogP contribution in [0.1, 0.15) is 18.5 Å². The number of benzene rings is 2. The molecule has 3 rings (SSSR count). The van der Waals surface area contributed by atoms with E-state index < -0.39 is 0 Å². The summed E-state index contributed by atoms with van der Waals surface area (Å²) in [5.74, 6) is 0. The van der Waals surface area contributed by atoms with E-state index in [-0.39, 0.29) is 16.7 Å². The van der Waals surface area contributed by atoms with Crippen LogP contribution >= 0.6 is 0 Å². The Morgan fingerprint density at radius 3 is 2.52 bits per heavy atom. The monoisotopic (exact) mass is 281 g/mol. The van der Waals surface area contributed by atoms with E-state index >= 15 is 0 Å². The normalized spacial score (nSPS) is 12.5. The minimum absolute atomic E-state index is 0.0782. The molecule has 0 aliphatic rings. The minimum Gasteiger partial charge on any atom is -0.324 e. The molecule has 0 bridgehead atoms. The van der Waals surface area contributed by atoms with Gasteiger partial charge in [0.05, 0.1) is 10.4 Å². The number of nitro groups is 1. The Bertz CT molecular complexity index is 821. The summed E-state index contributed by atoms with van der Waals surface area (Å²) < 4.78 is 1.84. The summed E-state index contributed by atoms with van der Waals surface area (Å²) in [6, 6.07) is 14.4. The Morgan fingerprint density at radius 2 is 1.81 bits per heavy atom. The third kappa shape index (κ3) is 2.17. The van der Waals surface area contributed by atoms with Crippen molar-refractivity contribution in [3.63, 3.8) is 0 Å². The van der Waals surface area contributed by atoms with Gasteiger partial charge in [-0.05, 0) is 24.6 Å². The number of rotatable bonds is 3. The molecule has 5 nitrogen and oxygen atoms in total. The van der Waals surface area contributed by atoms with Crippen molar-refractivity contribution in [1.82, 2.24) is 4.57 Å². The molecule has 3 aromatic rings. The van der Waals surface area contributed by atoms with E-state index in [9.17, 15) is 10.1 Å². The number of nitro benzene ring substituents is 1. The maximum atomic E-state index is 11.2. The molecule has 0 fully saturated rings. The van der Waals surface area contributed by atoms with Crippen LogP contribution in [0.25, 0.3) is 16.6 Å². The van der Waals surface area contributed by atoms with Crippen LogP contribution in [0.15, 0.2) is 54.7 Å². The van der Waals surface area contributed by atoms with E-state index in [0.717, 1.165) is 16.5 Å². The topological polar surface area (TPSA) is 74.1 Å². The zero-order valence-corrected chi connectivity index (χ0v) is 11.6. The molecule has 1 aromatic heterocycles. The Hall–Kier alpha value is -2.66. The van der Waals surface area contributed by atoms with Crippen LogP contribution in [-0.4, -0.2) is 9.49 Å². The lowest BCUT2D eigenvalue weighted by Gasteiger charge is -2.05. The van der Waals surface area contributed by atoms with Gasteiger partial charge in [-0.15, -0.1) is 0 Å². The number of hydrogen-bond donors (Lipinski definition) is 1. The molecule has 0 spiro atoms. The summed E-state index contributed by atoms with van der Waals surface area (Å²) in [6.07, 6.45) is 1.89. The average Bonchev–Trinajstić information content (AvgIpc) is 2.87. The fourth-order valence-electron chi connectivity index (χ4n) is 2.59. The molecule has 0 saturated heterocycles. The highest BCUT2D eigenvalue weighted by atomic mass is 16.6. The Labute approximate surface area is 121 Å². The first-order chi connectivity index (χ1) is 10.1. The molecule has 0 aliphatic carbocycles. The first kappa shape index (κ1) is 13.3. The molecule has 0 radical (unpaired) electrons. The van der Waals surface area contributed by atoms with Crippen LogP contribution < -0.4 is 5.73 Å². The van der Waals surface area contributed by atoms with Crippen molar-refractivity contribution in [2.75, 3.05) is 0 Å². The second kappa shape index (κ2) is 5.03.